The van der Waals surface area contributed by atoms with Crippen molar-refractivity contribution in [3.63, 3.8) is 0 Å². The van der Waals surface area contributed by atoms with Crippen LogP contribution in [0.15, 0.2) is 16.5 Å². The summed E-state index contributed by atoms with van der Waals surface area (Å²) in [5.41, 5.74) is 0. The Balaban J connectivity index is 1.81. The smallest absolute Gasteiger partial charge is 0.287 e. The number of rotatable bonds is 3. The number of halogens is 1. The molecule has 0 saturated heterocycles. The van der Waals surface area contributed by atoms with E-state index in [9.17, 15) is 4.79 Å². The van der Waals surface area contributed by atoms with Crippen LogP contribution in [0.2, 0.25) is 5.22 Å². The van der Waals surface area contributed by atoms with Gasteiger partial charge in [-0.15, -0.1) is 0 Å². The minimum atomic E-state index is -0.172. The first-order chi connectivity index (χ1) is 7.25. The minimum absolute atomic E-state index is 0.172. The molecule has 0 radical (unpaired) electrons. The van der Waals surface area contributed by atoms with E-state index in [1.165, 1.54) is 25.7 Å². The second kappa shape index (κ2) is 4.71. The Morgan fingerprint density at radius 1 is 1.47 bits per heavy atom. The summed E-state index contributed by atoms with van der Waals surface area (Å²) < 4.78 is 5.01. The second-order valence-electron chi connectivity index (χ2n) is 3.96. The van der Waals surface area contributed by atoms with Crippen LogP contribution in [-0.2, 0) is 0 Å². The van der Waals surface area contributed by atoms with E-state index >= 15 is 0 Å². The Bertz CT molecular complexity index is 342. The Kier molecular flexibility index (Phi) is 3.31. The first kappa shape index (κ1) is 10.6. The van der Waals surface area contributed by atoms with Gasteiger partial charge in [-0.25, -0.2) is 0 Å². The number of carbonyl (C=O) groups is 1. The molecule has 2 rings (SSSR count). The highest BCUT2D eigenvalue weighted by Crippen LogP contribution is 2.23. The molecule has 82 valence electrons. The SMILES string of the molecule is O=C(NCC1CCCC1)c1ccc(Cl)o1. The highest BCUT2D eigenvalue weighted by Gasteiger charge is 2.17. The van der Waals surface area contributed by atoms with E-state index in [4.69, 9.17) is 16.0 Å². The number of furan rings is 1. The maximum absolute atomic E-state index is 11.6. The van der Waals surface area contributed by atoms with Crippen LogP contribution in [0.1, 0.15) is 36.2 Å². The topological polar surface area (TPSA) is 42.2 Å². The van der Waals surface area contributed by atoms with Crippen molar-refractivity contribution in [2.24, 2.45) is 5.92 Å². The first-order valence-electron chi connectivity index (χ1n) is 5.29. The predicted molar refractivity (Wildman–Crippen MR) is 58.0 cm³/mol. The molecule has 4 heteroatoms. The van der Waals surface area contributed by atoms with Gasteiger partial charge < -0.3 is 9.73 Å². The summed E-state index contributed by atoms with van der Waals surface area (Å²) in [6.07, 6.45) is 5.01. The van der Waals surface area contributed by atoms with Crippen LogP contribution in [-0.4, -0.2) is 12.5 Å². The summed E-state index contributed by atoms with van der Waals surface area (Å²) in [7, 11) is 0. The molecule has 0 atom stereocenters. The zero-order valence-electron chi connectivity index (χ0n) is 8.46. The van der Waals surface area contributed by atoms with Crippen molar-refractivity contribution >= 4 is 17.5 Å². The molecular formula is C11H14ClNO2. The summed E-state index contributed by atoms with van der Waals surface area (Å²) in [5, 5.41) is 3.11. The summed E-state index contributed by atoms with van der Waals surface area (Å²) in [4.78, 5) is 11.6. The lowest BCUT2D eigenvalue weighted by Gasteiger charge is -2.08. The van der Waals surface area contributed by atoms with Gasteiger partial charge >= 0.3 is 0 Å². The fraction of sp³-hybridized carbons (Fsp3) is 0.545. The second-order valence-corrected chi connectivity index (χ2v) is 4.34. The highest BCUT2D eigenvalue weighted by atomic mass is 35.5. The molecule has 1 amide bonds. The first-order valence-corrected chi connectivity index (χ1v) is 5.67. The molecule has 1 heterocycles. The van der Waals surface area contributed by atoms with Gasteiger partial charge in [0, 0.05) is 6.54 Å². The number of carbonyl (C=O) groups excluding carboxylic acids is 1. The van der Waals surface area contributed by atoms with Gasteiger partial charge in [0.1, 0.15) is 0 Å². The van der Waals surface area contributed by atoms with Gasteiger partial charge in [-0.1, -0.05) is 12.8 Å². The minimum Gasteiger partial charge on any atom is -0.440 e. The number of hydrogen-bond donors (Lipinski definition) is 1. The molecule has 1 N–H and O–H groups in total. The van der Waals surface area contributed by atoms with Crippen LogP contribution < -0.4 is 5.32 Å². The molecule has 0 unspecified atom stereocenters. The molecule has 1 aromatic rings. The monoisotopic (exact) mass is 227 g/mol. The van der Waals surface area contributed by atoms with Gasteiger partial charge in [-0.3, -0.25) is 4.79 Å². The molecule has 0 bridgehead atoms. The maximum Gasteiger partial charge on any atom is 0.287 e. The zero-order chi connectivity index (χ0) is 10.7. The standard InChI is InChI=1S/C11H14ClNO2/c12-10-6-5-9(15-10)11(14)13-7-8-3-1-2-4-8/h5-6,8H,1-4,7H2,(H,13,14). The van der Waals surface area contributed by atoms with Crippen LogP contribution in [0.3, 0.4) is 0 Å². The average molecular weight is 228 g/mol. The van der Waals surface area contributed by atoms with E-state index in [2.05, 4.69) is 5.32 Å². The van der Waals surface area contributed by atoms with E-state index in [1.807, 2.05) is 0 Å². The van der Waals surface area contributed by atoms with Crippen LogP contribution in [0.25, 0.3) is 0 Å². The van der Waals surface area contributed by atoms with E-state index in [1.54, 1.807) is 12.1 Å². The van der Waals surface area contributed by atoms with Crippen LogP contribution in [0.5, 0.6) is 0 Å². The third-order valence-electron chi connectivity index (χ3n) is 2.82. The van der Waals surface area contributed by atoms with Gasteiger partial charge in [-0.2, -0.15) is 0 Å². The third kappa shape index (κ3) is 2.75. The van der Waals surface area contributed by atoms with Gasteiger partial charge in [-0.05, 0) is 42.5 Å². The van der Waals surface area contributed by atoms with Crippen molar-refractivity contribution in [2.75, 3.05) is 6.54 Å². The van der Waals surface area contributed by atoms with Crippen LogP contribution in [0.4, 0.5) is 0 Å². The van der Waals surface area contributed by atoms with Gasteiger partial charge in [0.15, 0.2) is 11.0 Å². The van der Waals surface area contributed by atoms with Crippen LogP contribution in [0, 0.1) is 5.92 Å². The van der Waals surface area contributed by atoms with Crippen molar-refractivity contribution in [3.8, 4) is 0 Å². The number of hydrogen-bond acceptors (Lipinski definition) is 2. The summed E-state index contributed by atoms with van der Waals surface area (Å²) in [5.74, 6) is 0.756. The summed E-state index contributed by atoms with van der Waals surface area (Å²) >= 11 is 5.59. The highest BCUT2D eigenvalue weighted by molar-refractivity contribution is 6.29. The van der Waals surface area contributed by atoms with Crippen molar-refractivity contribution in [1.29, 1.82) is 0 Å². The van der Waals surface area contributed by atoms with E-state index in [0.717, 1.165) is 6.54 Å². The van der Waals surface area contributed by atoms with E-state index < -0.39 is 0 Å². The molecule has 0 aromatic carbocycles. The summed E-state index contributed by atoms with van der Waals surface area (Å²) in [6.45, 7) is 0.747. The van der Waals surface area contributed by atoms with E-state index in [0.29, 0.717) is 5.92 Å². The molecule has 1 aromatic heterocycles. The molecule has 0 aliphatic heterocycles. The maximum atomic E-state index is 11.6. The Labute approximate surface area is 93.8 Å². The predicted octanol–water partition coefficient (Wildman–Crippen LogP) is 2.85. The number of nitrogens with one attached hydrogen (secondary N) is 1. The molecule has 1 fully saturated rings. The Morgan fingerprint density at radius 2 is 2.20 bits per heavy atom. The van der Waals surface area contributed by atoms with Crippen molar-refractivity contribution in [3.05, 3.63) is 23.1 Å². The van der Waals surface area contributed by atoms with Crippen molar-refractivity contribution in [2.45, 2.75) is 25.7 Å². The molecule has 1 aliphatic rings. The van der Waals surface area contributed by atoms with E-state index in [-0.39, 0.29) is 16.9 Å². The lowest BCUT2D eigenvalue weighted by molar-refractivity contribution is 0.0919. The van der Waals surface area contributed by atoms with Gasteiger partial charge in [0.05, 0.1) is 0 Å². The molecule has 3 nitrogen and oxygen atoms in total. The number of amides is 1. The Morgan fingerprint density at radius 3 is 2.80 bits per heavy atom. The third-order valence-corrected chi connectivity index (χ3v) is 3.03. The lowest BCUT2D eigenvalue weighted by Crippen LogP contribution is -2.27. The van der Waals surface area contributed by atoms with Gasteiger partial charge in [0.2, 0.25) is 0 Å². The Hall–Kier alpha value is -0.960. The molecule has 15 heavy (non-hydrogen) atoms. The fourth-order valence-electron chi connectivity index (χ4n) is 1.97. The summed E-state index contributed by atoms with van der Waals surface area (Å²) in [6, 6.07) is 3.17. The van der Waals surface area contributed by atoms with Crippen molar-refractivity contribution < 1.29 is 9.21 Å². The van der Waals surface area contributed by atoms with Crippen molar-refractivity contribution in [1.82, 2.24) is 5.32 Å². The molecule has 1 saturated carbocycles. The normalized spacial score (nSPS) is 16.9. The van der Waals surface area contributed by atoms with Gasteiger partial charge in [0.25, 0.3) is 5.91 Å². The largest absolute Gasteiger partial charge is 0.440 e. The zero-order valence-corrected chi connectivity index (χ0v) is 9.22. The quantitative estimate of drug-likeness (QED) is 0.863. The average Bonchev–Trinajstić information content (AvgIpc) is 2.84. The van der Waals surface area contributed by atoms with Crippen LogP contribution >= 0.6 is 11.6 Å². The molecule has 1 aliphatic carbocycles. The molecular weight excluding hydrogens is 214 g/mol. The fourth-order valence-corrected chi connectivity index (χ4v) is 2.12. The lowest BCUT2D eigenvalue weighted by atomic mass is 10.1. The molecule has 0 spiro atoms.